The predicted octanol–water partition coefficient (Wildman–Crippen LogP) is 1.80. The van der Waals surface area contributed by atoms with Crippen molar-refractivity contribution in [3.8, 4) is 0 Å². The maximum absolute atomic E-state index is 12.4. The van der Waals surface area contributed by atoms with Crippen LogP contribution >= 0.6 is 0 Å². The highest BCUT2D eigenvalue weighted by Gasteiger charge is 2.25. The molecule has 0 bridgehead atoms. The van der Waals surface area contributed by atoms with Gasteiger partial charge in [0.05, 0.1) is 11.7 Å². The number of fused-ring (bicyclic) bond motifs is 1. The molecule has 1 fully saturated rings. The van der Waals surface area contributed by atoms with Crippen molar-refractivity contribution in [3.05, 3.63) is 50.4 Å². The van der Waals surface area contributed by atoms with E-state index < -0.39 is 0 Å². The zero-order valence-corrected chi connectivity index (χ0v) is 14.2. The molecule has 2 N–H and O–H groups in total. The van der Waals surface area contributed by atoms with E-state index in [0.29, 0.717) is 5.82 Å². The lowest BCUT2D eigenvalue weighted by atomic mass is 9.91. The molecular formula is C18H23N5O2. The number of rotatable bonds is 3. The lowest BCUT2D eigenvalue weighted by Gasteiger charge is -2.30. The Morgan fingerprint density at radius 1 is 1.12 bits per heavy atom. The Kier molecular flexibility index (Phi) is 4.38. The van der Waals surface area contributed by atoms with Crippen molar-refractivity contribution in [1.82, 2.24) is 19.7 Å². The maximum Gasteiger partial charge on any atom is 0.290 e. The van der Waals surface area contributed by atoms with E-state index in [4.69, 9.17) is 0 Å². The third kappa shape index (κ3) is 3.36. The minimum Gasteiger partial charge on any atom is -0.363 e. The van der Waals surface area contributed by atoms with E-state index in [1.165, 1.54) is 6.20 Å². The molecule has 0 spiro atoms. The van der Waals surface area contributed by atoms with E-state index in [0.717, 1.165) is 62.6 Å². The van der Waals surface area contributed by atoms with Gasteiger partial charge in [0.15, 0.2) is 5.82 Å². The highest BCUT2D eigenvalue weighted by molar-refractivity contribution is 5.31. The first-order chi connectivity index (χ1) is 12.2. The van der Waals surface area contributed by atoms with Gasteiger partial charge in [0, 0.05) is 24.5 Å². The Labute approximate surface area is 145 Å². The SMILES string of the molecule is O=c1[nH]ccnc1NC1CCC(n2nc3c(cc2=O)CCCC3)CC1. The molecule has 25 heavy (non-hydrogen) atoms. The molecule has 2 aromatic heterocycles. The summed E-state index contributed by atoms with van der Waals surface area (Å²) in [6.45, 7) is 0. The molecule has 4 rings (SSSR count). The summed E-state index contributed by atoms with van der Waals surface area (Å²) in [5.74, 6) is 0.370. The van der Waals surface area contributed by atoms with E-state index in [-0.39, 0.29) is 23.2 Å². The first-order valence-corrected chi connectivity index (χ1v) is 9.12. The molecule has 7 nitrogen and oxygen atoms in total. The maximum atomic E-state index is 12.4. The van der Waals surface area contributed by atoms with Crippen LogP contribution in [0.1, 0.15) is 55.8 Å². The van der Waals surface area contributed by atoms with Gasteiger partial charge in [0.1, 0.15) is 0 Å². The van der Waals surface area contributed by atoms with Crippen molar-refractivity contribution in [2.45, 2.75) is 63.5 Å². The summed E-state index contributed by atoms with van der Waals surface area (Å²) >= 11 is 0. The molecule has 2 aliphatic rings. The average molecular weight is 341 g/mol. The van der Waals surface area contributed by atoms with Crippen LogP contribution in [-0.2, 0) is 12.8 Å². The summed E-state index contributed by atoms with van der Waals surface area (Å²) < 4.78 is 1.70. The van der Waals surface area contributed by atoms with E-state index >= 15 is 0 Å². The molecule has 0 unspecified atom stereocenters. The number of aromatic amines is 1. The van der Waals surface area contributed by atoms with Gasteiger partial charge in [0.25, 0.3) is 11.1 Å². The number of nitrogens with zero attached hydrogens (tertiary/aromatic N) is 3. The number of anilines is 1. The van der Waals surface area contributed by atoms with Crippen molar-refractivity contribution < 1.29 is 0 Å². The number of aromatic nitrogens is 4. The van der Waals surface area contributed by atoms with E-state index in [2.05, 4.69) is 20.4 Å². The molecule has 0 aliphatic heterocycles. The van der Waals surface area contributed by atoms with Crippen LogP contribution in [0.2, 0.25) is 0 Å². The highest BCUT2D eigenvalue weighted by atomic mass is 16.1. The van der Waals surface area contributed by atoms with Gasteiger partial charge < -0.3 is 10.3 Å². The molecule has 0 amide bonds. The Morgan fingerprint density at radius 3 is 2.72 bits per heavy atom. The van der Waals surface area contributed by atoms with Crippen LogP contribution < -0.4 is 16.4 Å². The van der Waals surface area contributed by atoms with Crippen LogP contribution in [0.4, 0.5) is 5.82 Å². The summed E-state index contributed by atoms with van der Waals surface area (Å²) in [6.07, 6.45) is 10.9. The molecule has 0 radical (unpaired) electrons. The molecule has 2 heterocycles. The van der Waals surface area contributed by atoms with Gasteiger partial charge in [-0.15, -0.1) is 0 Å². The van der Waals surface area contributed by atoms with Crippen LogP contribution in [0.3, 0.4) is 0 Å². The number of nitrogens with one attached hydrogen (secondary N) is 2. The Morgan fingerprint density at radius 2 is 1.92 bits per heavy atom. The minimum absolute atomic E-state index is 0.0261. The summed E-state index contributed by atoms with van der Waals surface area (Å²) in [4.78, 5) is 30.9. The topological polar surface area (TPSA) is 92.7 Å². The van der Waals surface area contributed by atoms with Crippen molar-refractivity contribution in [3.63, 3.8) is 0 Å². The quantitative estimate of drug-likeness (QED) is 0.888. The summed E-state index contributed by atoms with van der Waals surface area (Å²) in [5, 5.41) is 7.90. The molecule has 0 aromatic carbocycles. The van der Waals surface area contributed by atoms with E-state index in [1.54, 1.807) is 16.9 Å². The number of aryl methyl sites for hydroxylation is 2. The van der Waals surface area contributed by atoms with E-state index in [9.17, 15) is 9.59 Å². The Bertz CT molecular complexity index is 864. The van der Waals surface area contributed by atoms with Crippen molar-refractivity contribution >= 4 is 5.82 Å². The van der Waals surface area contributed by atoms with Gasteiger partial charge in [-0.1, -0.05) is 0 Å². The fraction of sp³-hybridized carbons (Fsp3) is 0.556. The minimum atomic E-state index is -0.197. The Balaban J connectivity index is 1.44. The Hall–Kier alpha value is -2.44. The normalized spacial score (nSPS) is 23.0. The smallest absolute Gasteiger partial charge is 0.290 e. The van der Waals surface area contributed by atoms with E-state index in [1.807, 2.05) is 0 Å². The second-order valence-corrected chi connectivity index (χ2v) is 7.02. The van der Waals surface area contributed by atoms with Crippen LogP contribution in [0.15, 0.2) is 28.0 Å². The molecular weight excluding hydrogens is 318 g/mol. The highest BCUT2D eigenvalue weighted by Crippen LogP contribution is 2.29. The zero-order valence-electron chi connectivity index (χ0n) is 14.2. The molecule has 1 saturated carbocycles. The van der Waals surface area contributed by atoms with Crippen molar-refractivity contribution in [1.29, 1.82) is 0 Å². The van der Waals surface area contributed by atoms with Crippen LogP contribution in [0.25, 0.3) is 0 Å². The molecule has 0 atom stereocenters. The third-order valence-electron chi connectivity index (χ3n) is 5.32. The van der Waals surface area contributed by atoms with Gasteiger partial charge in [-0.3, -0.25) is 9.59 Å². The molecule has 7 heteroatoms. The second kappa shape index (κ2) is 6.82. The largest absolute Gasteiger partial charge is 0.363 e. The van der Waals surface area contributed by atoms with Crippen LogP contribution in [0, 0.1) is 0 Å². The number of hydrogen-bond donors (Lipinski definition) is 2. The molecule has 2 aromatic rings. The first-order valence-electron chi connectivity index (χ1n) is 9.12. The molecule has 2 aliphatic carbocycles. The van der Waals surface area contributed by atoms with Gasteiger partial charge in [-0.25, -0.2) is 9.67 Å². The number of H-pyrrole nitrogens is 1. The van der Waals surface area contributed by atoms with Gasteiger partial charge in [-0.2, -0.15) is 5.10 Å². The van der Waals surface area contributed by atoms with Crippen LogP contribution in [0.5, 0.6) is 0 Å². The fourth-order valence-electron chi connectivity index (χ4n) is 3.95. The van der Waals surface area contributed by atoms with Crippen molar-refractivity contribution in [2.24, 2.45) is 0 Å². The summed E-state index contributed by atoms with van der Waals surface area (Å²) in [7, 11) is 0. The average Bonchev–Trinajstić information content (AvgIpc) is 2.64. The van der Waals surface area contributed by atoms with Crippen molar-refractivity contribution in [2.75, 3.05) is 5.32 Å². The lowest BCUT2D eigenvalue weighted by molar-refractivity contribution is 0.300. The summed E-state index contributed by atoms with van der Waals surface area (Å²) in [6, 6.07) is 2.15. The monoisotopic (exact) mass is 341 g/mol. The second-order valence-electron chi connectivity index (χ2n) is 7.02. The lowest BCUT2D eigenvalue weighted by Crippen LogP contribution is -2.35. The standard InChI is InChI=1S/C18H23N5O2/c24-16-11-12-3-1-2-4-15(12)22-23(16)14-7-5-13(6-8-14)21-17-18(25)20-10-9-19-17/h9-11,13-14H,1-8H2,(H,19,21)(H,20,25). The summed E-state index contributed by atoms with van der Waals surface area (Å²) in [5.41, 5.74) is 2.07. The zero-order chi connectivity index (χ0) is 17.2. The van der Waals surface area contributed by atoms with Gasteiger partial charge in [-0.05, 0) is 56.9 Å². The third-order valence-corrected chi connectivity index (χ3v) is 5.32. The first kappa shape index (κ1) is 16.1. The molecule has 132 valence electrons. The van der Waals surface area contributed by atoms with Gasteiger partial charge >= 0.3 is 0 Å². The fourth-order valence-corrected chi connectivity index (χ4v) is 3.95. The van der Waals surface area contributed by atoms with Gasteiger partial charge in [0.2, 0.25) is 0 Å². The molecule has 0 saturated heterocycles. The predicted molar refractivity (Wildman–Crippen MR) is 94.9 cm³/mol. The number of hydrogen-bond acceptors (Lipinski definition) is 5. The van der Waals surface area contributed by atoms with Crippen LogP contribution in [-0.4, -0.2) is 25.8 Å².